The molecule has 38 heavy (non-hydrogen) atoms. The van der Waals surface area contributed by atoms with Crippen LogP contribution in [0.3, 0.4) is 0 Å². The van der Waals surface area contributed by atoms with Crippen molar-refractivity contribution in [1.82, 2.24) is 9.21 Å². The Bertz CT molecular complexity index is 1390. The topological polar surface area (TPSA) is 86.8 Å². The molecule has 0 spiro atoms. The largest absolute Gasteiger partial charge is 0.327 e. The third-order valence-corrected chi connectivity index (χ3v) is 10.7. The van der Waals surface area contributed by atoms with Gasteiger partial charge in [0.05, 0.1) is 16.9 Å². The van der Waals surface area contributed by atoms with E-state index in [-0.39, 0.29) is 22.8 Å². The molecule has 1 fully saturated rings. The number of nitrogens with one attached hydrogen (secondary N) is 1. The van der Waals surface area contributed by atoms with Crippen LogP contribution in [-0.4, -0.2) is 48.6 Å². The first kappa shape index (κ1) is 26.6. The molecule has 0 saturated heterocycles. The van der Waals surface area contributed by atoms with Gasteiger partial charge in [-0.3, -0.25) is 9.59 Å². The number of rotatable bonds is 8. The van der Waals surface area contributed by atoms with Crippen LogP contribution in [0.2, 0.25) is 0 Å². The SMILES string of the molecule is CCN(CC)S(=O)(=O)c1ccc(NC(=O)C2c3ccccc3C(=O)N(C3CCCC3)C2c2cccs2)cc1. The number of thiophene rings is 1. The van der Waals surface area contributed by atoms with E-state index in [1.807, 2.05) is 46.7 Å². The molecule has 2 aliphatic rings. The summed E-state index contributed by atoms with van der Waals surface area (Å²) in [5.41, 5.74) is 1.82. The van der Waals surface area contributed by atoms with Gasteiger partial charge in [0, 0.05) is 35.3 Å². The van der Waals surface area contributed by atoms with Crippen LogP contribution in [-0.2, 0) is 14.8 Å². The zero-order chi connectivity index (χ0) is 26.9. The monoisotopic (exact) mass is 551 g/mol. The van der Waals surface area contributed by atoms with Crippen LogP contribution in [0.1, 0.15) is 72.3 Å². The molecule has 1 aliphatic carbocycles. The molecule has 2 unspecified atom stereocenters. The maximum Gasteiger partial charge on any atom is 0.254 e. The molecular weight excluding hydrogens is 518 g/mol. The molecule has 7 nitrogen and oxygen atoms in total. The van der Waals surface area contributed by atoms with Crippen molar-refractivity contribution in [3.8, 4) is 0 Å². The number of fused-ring (bicyclic) bond motifs is 1. The Morgan fingerprint density at radius 1 is 1.00 bits per heavy atom. The van der Waals surface area contributed by atoms with Gasteiger partial charge in [-0.05, 0) is 60.2 Å². The molecule has 1 aromatic heterocycles. The zero-order valence-corrected chi connectivity index (χ0v) is 23.3. The van der Waals surface area contributed by atoms with Crippen LogP contribution in [0.4, 0.5) is 5.69 Å². The average Bonchev–Trinajstić information content (AvgIpc) is 3.64. The minimum absolute atomic E-state index is 0.0130. The highest BCUT2D eigenvalue weighted by molar-refractivity contribution is 7.89. The Balaban J connectivity index is 1.50. The van der Waals surface area contributed by atoms with Crippen molar-refractivity contribution in [2.75, 3.05) is 18.4 Å². The molecule has 2 atom stereocenters. The lowest BCUT2D eigenvalue weighted by Crippen LogP contribution is -2.49. The number of sulfonamides is 1. The fourth-order valence-corrected chi connectivity index (χ4v) is 8.14. The highest BCUT2D eigenvalue weighted by Crippen LogP contribution is 2.47. The Morgan fingerprint density at radius 3 is 2.32 bits per heavy atom. The number of carbonyl (C=O) groups is 2. The van der Waals surface area contributed by atoms with E-state index in [1.165, 1.54) is 16.4 Å². The summed E-state index contributed by atoms with van der Waals surface area (Å²) in [4.78, 5) is 31.0. The lowest BCUT2D eigenvalue weighted by molar-refractivity contribution is -0.119. The Kier molecular flexibility index (Phi) is 7.70. The number of hydrogen-bond donors (Lipinski definition) is 1. The zero-order valence-electron chi connectivity index (χ0n) is 21.7. The first-order valence-electron chi connectivity index (χ1n) is 13.2. The van der Waals surface area contributed by atoms with E-state index < -0.39 is 22.0 Å². The smallest absolute Gasteiger partial charge is 0.254 e. The second-order valence-corrected chi connectivity index (χ2v) is 12.7. The van der Waals surface area contributed by atoms with Gasteiger partial charge in [-0.2, -0.15) is 4.31 Å². The fraction of sp³-hybridized carbons (Fsp3) is 0.379. The number of carbonyl (C=O) groups excluding carboxylic acids is 2. The van der Waals surface area contributed by atoms with E-state index in [2.05, 4.69) is 5.32 Å². The van der Waals surface area contributed by atoms with Crippen LogP contribution in [0, 0.1) is 0 Å². The van der Waals surface area contributed by atoms with E-state index in [9.17, 15) is 18.0 Å². The number of benzene rings is 2. The predicted octanol–water partition coefficient (Wildman–Crippen LogP) is 5.64. The van der Waals surface area contributed by atoms with Crippen molar-refractivity contribution < 1.29 is 18.0 Å². The van der Waals surface area contributed by atoms with E-state index in [0.717, 1.165) is 36.1 Å². The summed E-state index contributed by atoms with van der Waals surface area (Å²) in [5, 5.41) is 5.01. The third-order valence-electron chi connectivity index (χ3n) is 7.68. The van der Waals surface area contributed by atoms with E-state index in [4.69, 9.17) is 0 Å². The first-order valence-corrected chi connectivity index (χ1v) is 15.5. The second-order valence-electron chi connectivity index (χ2n) is 9.78. The van der Waals surface area contributed by atoms with Gasteiger partial charge in [-0.25, -0.2) is 8.42 Å². The molecule has 0 bridgehead atoms. The fourth-order valence-electron chi connectivity index (χ4n) is 5.82. The van der Waals surface area contributed by atoms with E-state index in [1.54, 1.807) is 37.3 Å². The Morgan fingerprint density at radius 2 is 1.68 bits per heavy atom. The molecule has 1 N–H and O–H groups in total. The molecule has 2 amide bonds. The van der Waals surface area contributed by atoms with Gasteiger partial charge in [0.15, 0.2) is 0 Å². The lowest BCUT2D eigenvalue weighted by atomic mass is 9.80. The van der Waals surface area contributed by atoms with Crippen LogP contribution in [0.15, 0.2) is 70.9 Å². The van der Waals surface area contributed by atoms with Crippen molar-refractivity contribution in [3.63, 3.8) is 0 Å². The minimum Gasteiger partial charge on any atom is -0.327 e. The molecule has 0 radical (unpaired) electrons. The minimum atomic E-state index is -3.59. The summed E-state index contributed by atoms with van der Waals surface area (Å²) in [7, 11) is -3.59. The third kappa shape index (κ3) is 4.79. The molecule has 3 aromatic rings. The standard InChI is InChI=1S/C29H33N3O4S2/c1-3-31(4-2)38(35,36)22-17-15-20(16-18-22)30-28(33)26-23-12-7-8-13-24(23)29(34)32(21-10-5-6-11-21)27(26)25-14-9-19-37-25/h7-9,12-19,21,26-27H,3-6,10-11H2,1-2H3,(H,30,33). The molecular formula is C29H33N3O4S2. The van der Waals surface area contributed by atoms with Crippen LogP contribution in [0.25, 0.3) is 0 Å². The summed E-state index contributed by atoms with van der Waals surface area (Å²) in [6.07, 6.45) is 4.03. The van der Waals surface area contributed by atoms with Gasteiger partial charge < -0.3 is 10.2 Å². The summed E-state index contributed by atoms with van der Waals surface area (Å²) >= 11 is 1.56. The average molecular weight is 552 g/mol. The van der Waals surface area contributed by atoms with Crippen LogP contribution in [0.5, 0.6) is 0 Å². The molecule has 5 rings (SSSR count). The van der Waals surface area contributed by atoms with E-state index in [0.29, 0.717) is 24.3 Å². The summed E-state index contributed by atoms with van der Waals surface area (Å²) in [5.74, 6) is -0.825. The van der Waals surface area contributed by atoms with Gasteiger partial charge >= 0.3 is 0 Å². The number of anilines is 1. The molecule has 2 aromatic carbocycles. The van der Waals surface area contributed by atoms with Crippen LogP contribution >= 0.6 is 11.3 Å². The molecule has 9 heteroatoms. The maximum atomic E-state index is 14.0. The van der Waals surface area contributed by atoms with Gasteiger partial charge in [0.1, 0.15) is 0 Å². The number of nitrogens with zero attached hydrogens (tertiary/aromatic N) is 2. The first-order chi connectivity index (χ1) is 18.4. The quantitative estimate of drug-likeness (QED) is 0.393. The lowest BCUT2D eigenvalue weighted by Gasteiger charge is -2.44. The maximum absolute atomic E-state index is 14.0. The highest BCUT2D eigenvalue weighted by atomic mass is 32.2. The summed E-state index contributed by atoms with van der Waals surface area (Å²) in [6, 6.07) is 17.4. The molecule has 2 heterocycles. The van der Waals surface area contributed by atoms with Gasteiger partial charge in [-0.15, -0.1) is 11.3 Å². The summed E-state index contributed by atoms with van der Waals surface area (Å²) < 4.78 is 27.2. The van der Waals surface area contributed by atoms with Gasteiger partial charge in [0.2, 0.25) is 15.9 Å². The molecule has 1 saturated carbocycles. The predicted molar refractivity (Wildman–Crippen MR) is 150 cm³/mol. The Hall–Kier alpha value is -3.01. The number of hydrogen-bond acceptors (Lipinski definition) is 5. The molecule has 200 valence electrons. The van der Waals surface area contributed by atoms with Gasteiger partial charge in [0.25, 0.3) is 5.91 Å². The second kappa shape index (κ2) is 11.0. The van der Waals surface area contributed by atoms with Crippen molar-refractivity contribution in [2.24, 2.45) is 0 Å². The molecule has 1 aliphatic heterocycles. The van der Waals surface area contributed by atoms with Crippen molar-refractivity contribution in [3.05, 3.63) is 82.0 Å². The van der Waals surface area contributed by atoms with Gasteiger partial charge in [-0.1, -0.05) is 51.0 Å². The summed E-state index contributed by atoms with van der Waals surface area (Å²) in [6.45, 7) is 4.39. The number of amides is 2. The van der Waals surface area contributed by atoms with E-state index >= 15 is 0 Å². The van der Waals surface area contributed by atoms with Crippen molar-refractivity contribution >= 4 is 38.9 Å². The Labute approximate surface area is 228 Å². The highest BCUT2D eigenvalue weighted by Gasteiger charge is 2.47. The van der Waals surface area contributed by atoms with Crippen molar-refractivity contribution in [1.29, 1.82) is 0 Å². The van der Waals surface area contributed by atoms with Crippen LogP contribution < -0.4 is 5.32 Å². The van der Waals surface area contributed by atoms with Crippen molar-refractivity contribution in [2.45, 2.75) is 62.4 Å². The normalized spacial score (nSPS) is 20.1.